The number of rotatable bonds is 3. The Morgan fingerprint density at radius 2 is 2.25 bits per heavy atom. The van der Waals surface area contributed by atoms with E-state index in [1.807, 2.05) is 0 Å². The molecule has 8 heteroatoms. The average Bonchev–Trinajstić information content (AvgIpc) is 2.43. The number of amides is 1. The summed E-state index contributed by atoms with van der Waals surface area (Å²) in [6, 6.07) is 4.23. The Morgan fingerprint density at radius 3 is 2.90 bits per heavy atom. The first-order valence-corrected chi connectivity index (χ1v) is 6.19. The lowest BCUT2D eigenvalue weighted by Crippen LogP contribution is -2.37. The number of aliphatic hydroxyl groups excluding tert-OH is 1. The van der Waals surface area contributed by atoms with Crippen LogP contribution in [0.1, 0.15) is 16.2 Å². The molecular weight excluding hydrogens is 286 g/mol. The molecule has 0 saturated heterocycles. The van der Waals surface area contributed by atoms with Crippen LogP contribution in [0.3, 0.4) is 0 Å². The van der Waals surface area contributed by atoms with Crippen molar-refractivity contribution in [3.05, 3.63) is 44.7 Å². The third kappa shape index (κ3) is 2.33. The van der Waals surface area contributed by atoms with Gasteiger partial charge < -0.3 is 20.4 Å². The van der Waals surface area contributed by atoms with E-state index >= 15 is 0 Å². The van der Waals surface area contributed by atoms with E-state index in [0.717, 1.165) is 0 Å². The van der Waals surface area contributed by atoms with Crippen molar-refractivity contribution in [3.8, 4) is 0 Å². The molecule has 0 aliphatic rings. The van der Waals surface area contributed by atoms with Gasteiger partial charge in [-0.15, -0.1) is 0 Å². The molecule has 1 amide bonds. The molecule has 0 radical (unpaired) electrons. The number of nitrogens with zero attached hydrogens (tertiary/aromatic N) is 2. The highest BCUT2D eigenvalue weighted by Crippen LogP contribution is 2.18. The number of carbonyl (C=O) groups excluding carboxylic acids is 1. The molecule has 106 valence electrons. The number of hydrogen-bond donors (Lipinski definition) is 2. The topological polar surface area (TPSA) is 100 Å². The first-order valence-electron chi connectivity index (χ1n) is 5.81. The van der Waals surface area contributed by atoms with Gasteiger partial charge in [-0.3, -0.25) is 4.79 Å². The van der Waals surface area contributed by atoms with Crippen LogP contribution in [0.25, 0.3) is 11.0 Å². The maximum atomic E-state index is 12.2. The largest absolute Gasteiger partial charge is 0.805 e. The Labute approximate surface area is 118 Å². The molecule has 0 fully saturated rings. The third-order valence-electron chi connectivity index (χ3n) is 2.84. The molecule has 1 aromatic carbocycles. The molecule has 1 heterocycles. The fraction of sp³-hybridized carbons (Fsp3) is 0.250. The molecule has 7 nitrogen and oxygen atoms in total. The van der Waals surface area contributed by atoms with Crippen LogP contribution in [0.5, 0.6) is 0 Å². The van der Waals surface area contributed by atoms with Crippen LogP contribution in [-0.2, 0) is 0 Å². The number of benzene rings is 1. The molecule has 0 aliphatic carbocycles. The van der Waals surface area contributed by atoms with Crippen molar-refractivity contribution < 1.29 is 14.3 Å². The van der Waals surface area contributed by atoms with Gasteiger partial charge in [0.05, 0.1) is 16.7 Å². The van der Waals surface area contributed by atoms with Gasteiger partial charge in [0.1, 0.15) is 5.52 Å². The normalized spacial score (nSPS) is 10.8. The van der Waals surface area contributed by atoms with E-state index in [0.29, 0.717) is 9.16 Å². The number of fused-ring (bicyclic) bond motifs is 1. The van der Waals surface area contributed by atoms with Crippen molar-refractivity contribution in [1.82, 2.24) is 10.0 Å². The number of carbonyl (C=O) groups is 1. The van der Waals surface area contributed by atoms with Crippen LogP contribution >= 0.6 is 11.6 Å². The summed E-state index contributed by atoms with van der Waals surface area (Å²) in [4.78, 5) is 24.1. The van der Waals surface area contributed by atoms with Crippen molar-refractivity contribution >= 4 is 28.5 Å². The molecule has 2 N–H and O–H groups in total. The predicted octanol–water partition coefficient (Wildman–Crippen LogP) is 0.586. The Morgan fingerprint density at radius 1 is 1.55 bits per heavy atom. The minimum absolute atomic E-state index is 0.00671. The second kappa shape index (κ2) is 5.48. The summed E-state index contributed by atoms with van der Waals surface area (Å²) < 4.78 is 0.881. The zero-order valence-corrected chi connectivity index (χ0v) is 11.3. The maximum absolute atomic E-state index is 12.2. The van der Waals surface area contributed by atoms with Gasteiger partial charge in [-0.1, -0.05) is 11.6 Å². The summed E-state index contributed by atoms with van der Waals surface area (Å²) in [7, 11) is 0. The molecule has 2 aromatic rings. The predicted molar refractivity (Wildman–Crippen MR) is 73.2 cm³/mol. The van der Waals surface area contributed by atoms with Gasteiger partial charge in [-0.25, -0.2) is 0 Å². The molecule has 0 aliphatic heterocycles. The molecule has 1 aromatic heterocycles. The van der Waals surface area contributed by atoms with Gasteiger partial charge in [0.2, 0.25) is 0 Å². The highest BCUT2D eigenvalue weighted by Gasteiger charge is 2.26. The SMILES string of the molecule is Cc1c(C(=O)NCCO)[n+](=O)c2cc(Cl)ccc2n1[O-]. The molecule has 2 rings (SSSR count). The standard InChI is InChI=1S/C12H12ClN3O4/c1-7-11(12(18)14-4-5-17)16(20)10-6-8(13)2-3-9(10)15(7)19/h2-3,6,17H,4-5H2,1H3,(H,14,18). The highest BCUT2D eigenvalue weighted by molar-refractivity contribution is 6.31. The van der Waals surface area contributed by atoms with Crippen LogP contribution in [0.15, 0.2) is 18.2 Å². The number of hydrogen-bond acceptors (Lipinski definition) is 4. The summed E-state index contributed by atoms with van der Waals surface area (Å²) in [5, 5.41) is 23.4. The molecule has 0 atom stereocenters. The summed E-state index contributed by atoms with van der Waals surface area (Å²) in [5.74, 6) is -0.724. The molecule has 20 heavy (non-hydrogen) atoms. The third-order valence-corrected chi connectivity index (χ3v) is 3.07. The highest BCUT2D eigenvalue weighted by atomic mass is 35.5. The van der Waals surface area contributed by atoms with Gasteiger partial charge in [-0.2, -0.15) is 0 Å². The molecule has 0 spiro atoms. The fourth-order valence-electron chi connectivity index (χ4n) is 1.88. The zero-order chi connectivity index (χ0) is 14.9. The lowest BCUT2D eigenvalue weighted by atomic mass is 10.2. The van der Waals surface area contributed by atoms with Gasteiger partial charge in [0.25, 0.3) is 5.52 Å². The van der Waals surface area contributed by atoms with Crippen LogP contribution in [0, 0.1) is 17.0 Å². The van der Waals surface area contributed by atoms with E-state index in [2.05, 4.69) is 5.32 Å². The maximum Gasteiger partial charge on any atom is 0.346 e. The minimum Gasteiger partial charge on any atom is -0.805 e. The minimum atomic E-state index is -0.724. The smallest absolute Gasteiger partial charge is 0.346 e. The van der Waals surface area contributed by atoms with E-state index in [1.54, 1.807) is 0 Å². The lowest BCUT2D eigenvalue weighted by molar-refractivity contribution is -0.468. The summed E-state index contributed by atoms with van der Waals surface area (Å²) >= 11 is 5.80. The first kappa shape index (κ1) is 14.3. The number of halogens is 1. The van der Waals surface area contributed by atoms with Gasteiger partial charge >= 0.3 is 11.6 Å². The van der Waals surface area contributed by atoms with Crippen LogP contribution in [-0.4, -0.2) is 28.9 Å². The molecule has 0 bridgehead atoms. The van der Waals surface area contributed by atoms with E-state index in [-0.39, 0.29) is 40.6 Å². The lowest BCUT2D eigenvalue weighted by Gasteiger charge is -2.16. The summed E-state index contributed by atoms with van der Waals surface area (Å²) in [6.07, 6.45) is 0. The second-order valence-electron chi connectivity index (χ2n) is 4.14. The van der Waals surface area contributed by atoms with Gasteiger partial charge in [0.15, 0.2) is 0 Å². The molecule has 0 unspecified atom stereocenters. The first-order chi connectivity index (χ1) is 9.47. The monoisotopic (exact) mass is 297 g/mol. The Bertz CT molecular complexity index is 742. The molecular formula is C12H12ClN3O4. The summed E-state index contributed by atoms with van der Waals surface area (Å²) in [6.45, 7) is 1.11. The Hall–Kier alpha value is -2.12. The Balaban J connectivity index is 2.72. The van der Waals surface area contributed by atoms with Crippen LogP contribution in [0.4, 0.5) is 0 Å². The van der Waals surface area contributed by atoms with E-state index < -0.39 is 5.91 Å². The van der Waals surface area contributed by atoms with E-state index in [1.165, 1.54) is 25.1 Å². The fourth-order valence-corrected chi connectivity index (χ4v) is 2.05. The number of aliphatic hydroxyl groups is 1. The average molecular weight is 298 g/mol. The molecule has 0 saturated carbocycles. The van der Waals surface area contributed by atoms with Crippen LogP contribution in [0.2, 0.25) is 5.02 Å². The van der Waals surface area contributed by atoms with E-state index in [4.69, 9.17) is 16.7 Å². The second-order valence-corrected chi connectivity index (χ2v) is 4.57. The van der Waals surface area contributed by atoms with Crippen molar-refractivity contribution in [3.63, 3.8) is 0 Å². The zero-order valence-electron chi connectivity index (χ0n) is 10.6. The van der Waals surface area contributed by atoms with Gasteiger partial charge in [-0.05, 0) is 19.1 Å². The van der Waals surface area contributed by atoms with Crippen LogP contribution < -0.4 is 9.74 Å². The van der Waals surface area contributed by atoms with Crippen molar-refractivity contribution in [1.29, 1.82) is 0 Å². The van der Waals surface area contributed by atoms with Crippen molar-refractivity contribution in [2.24, 2.45) is 0 Å². The van der Waals surface area contributed by atoms with Crippen molar-refractivity contribution in [2.45, 2.75) is 6.92 Å². The quantitative estimate of drug-likeness (QED) is 0.810. The number of nitrogens with one attached hydrogen (secondary N) is 1. The number of aromatic nitrogens is 2. The van der Waals surface area contributed by atoms with Gasteiger partial charge in [0, 0.05) is 22.5 Å². The summed E-state index contributed by atoms with van der Waals surface area (Å²) in [5.41, 5.74) is -0.207. The van der Waals surface area contributed by atoms with Crippen molar-refractivity contribution in [2.75, 3.05) is 13.2 Å². The Kier molecular flexibility index (Phi) is 3.91. The van der Waals surface area contributed by atoms with E-state index in [9.17, 15) is 14.9 Å².